The Balaban J connectivity index is 1.65. The van der Waals surface area contributed by atoms with E-state index in [9.17, 15) is 4.79 Å². The first-order chi connectivity index (χ1) is 11.4. The normalized spacial score (nSPS) is 23.0. The van der Waals surface area contributed by atoms with Gasteiger partial charge in [-0.1, -0.05) is 0 Å². The van der Waals surface area contributed by atoms with Crippen molar-refractivity contribution >= 4 is 5.91 Å². The van der Waals surface area contributed by atoms with E-state index in [-0.39, 0.29) is 11.4 Å². The van der Waals surface area contributed by atoms with Gasteiger partial charge in [0.15, 0.2) is 0 Å². The van der Waals surface area contributed by atoms with Gasteiger partial charge >= 0.3 is 0 Å². The van der Waals surface area contributed by atoms with Crippen LogP contribution in [0.4, 0.5) is 0 Å². The maximum absolute atomic E-state index is 13.0. The monoisotopic (exact) mass is 331 g/mol. The molecule has 2 aliphatic heterocycles. The van der Waals surface area contributed by atoms with Gasteiger partial charge in [0.2, 0.25) is 0 Å². The number of carbonyl (C=O) groups is 1. The predicted molar refractivity (Wildman–Crippen MR) is 98.4 cm³/mol. The van der Waals surface area contributed by atoms with Gasteiger partial charge in [-0.15, -0.1) is 0 Å². The molecule has 0 N–H and O–H groups in total. The third-order valence-electron chi connectivity index (χ3n) is 5.58. The average molecular weight is 332 g/mol. The molecule has 24 heavy (non-hydrogen) atoms. The molecule has 0 unspecified atom stereocenters. The third-order valence-corrected chi connectivity index (χ3v) is 5.58. The molecule has 0 aromatic carbocycles. The van der Waals surface area contributed by atoms with Crippen LogP contribution in [0.3, 0.4) is 0 Å². The van der Waals surface area contributed by atoms with E-state index in [0.29, 0.717) is 6.04 Å². The zero-order valence-corrected chi connectivity index (χ0v) is 15.6. The van der Waals surface area contributed by atoms with Crippen LogP contribution in [0.1, 0.15) is 69.7 Å². The molecule has 4 nitrogen and oxygen atoms in total. The van der Waals surface area contributed by atoms with Gasteiger partial charge in [0.05, 0.1) is 5.56 Å². The predicted octanol–water partition coefficient (Wildman–Crippen LogP) is 3.72. The molecular weight excluding hydrogens is 298 g/mol. The maximum Gasteiger partial charge on any atom is 0.255 e. The van der Waals surface area contributed by atoms with Crippen LogP contribution < -0.4 is 0 Å². The second-order valence-corrected chi connectivity index (χ2v) is 8.46. The minimum Gasteiger partial charge on any atom is -0.348 e. The van der Waals surface area contributed by atoms with Crippen molar-refractivity contribution in [1.82, 2.24) is 14.4 Å². The van der Waals surface area contributed by atoms with E-state index in [0.717, 1.165) is 31.5 Å². The topological polar surface area (TPSA) is 28.5 Å². The molecule has 2 fully saturated rings. The minimum absolute atomic E-state index is 0.0234. The number of nitrogens with zero attached hydrogens (tertiary/aromatic N) is 3. The summed E-state index contributed by atoms with van der Waals surface area (Å²) < 4.78 is 2.14. The summed E-state index contributed by atoms with van der Waals surface area (Å²) in [7, 11) is 0. The van der Waals surface area contributed by atoms with Crippen molar-refractivity contribution in [2.45, 2.75) is 70.9 Å². The molecule has 0 bridgehead atoms. The molecule has 1 aromatic heterocycles. The smallest absolute Gasteiger partial charge is 0.255 e. The molecule has 0 aliphatic carbocycles. The van der Waals surface area contributed by atoms with Crippen molar-refractivity contribution in [2.24, 2.45) is 0 Å². The lowest BCUT2D eigenvalue weighted by molar-refractivity contribution is 0.0587. The zero-order valence-electron chi connectivity index (χ0n) is 15.6. The number of rotatable bonds is 4. The van der Waals surface area contributed by atoms with Crippen molar-refractivity contribution < 1.29 is 4.79 Å². The second kappa shape index (κ2) is 7.30. The van der Waals surface area contributed by atoms with E-state index in [1.807, 2.05) is 18.5 Å². The van der Waals surface area contributed by atoms with E-state index in [4.69, 9.17) is 0 Å². The molecule has 1 atom stereocenters. The Morgan fingerprint density at radius 2 is 1.83 bits per heavy atom. The van der Waals surface area contributed by atoms with Crippen LogP contribution >= 0.6 is 0 Å². The highest BCUT2D eigenvalue weighted by atomic mass is 16.2. The van der Waals surface area contributed by atoms with Crippen molar-refractivity contribution in [3.05, 3.63) is 24.0 Å². The zero-order chi connectivity index (χ0) is 17.2. The van der Waals surface area contributed by atoms with Gasteiger partial charge in [0.1, 0.15) is 0 Å². The van der Waals surface area contributed by atoms with Crippen LogP contribution in [0, 0.1) is 0 Å². The molecule has 2 aliphatic rings. The summed E-state index contributed by atoms with van der Waals surface area (Å²) in [5.41, 5.74) is 0.869. The van der Waals surface area contributed by atoms with Crippen LogP contribution in [-0.2, 0) is 5.54 Å². The van der Waals surface area contributed by atoms with Crippen LogP contribution in [0.25, 0.3) is 0 Å². The Labute approximate surface area is 146 Å². The molecule has 0 radical (unpaired) electrons. The lowest BCUT2D eigenvalue weighted by atomic mass is 9.98. The average Bonchev–Trinajstić information content (AvgIpc) is 3.23. The van der Waals surface area contributed by atoms with Gasteiger partial charge in [-0.3, -0.25) is 4.79 Å². The van der Waals surface area contributed by atoms with Gasteiger partial charge in [0.25, 0.3) is 5.91 Å². The molecular formula is C20H33N3O. The number of amides is 1. The highest BCUT2D eigenvalue weighted by Gasteiger charge is 2.29. The Morgan fingerprint density at radius 1 is 1.12 bits per heavy atom. The highest BCUT2D eigenvalue weighted by Crippen LogP contribution is 2.24. The van der Waals surface area contributed by atoms with Gasteiger partial charge in [-0.05, 0) is 78.5 Å². The van der Waals surface area contributed by atoms with Gasteiger partial charge in [-0.25, -0.2) is 0 Å². The standard InChI is InChI=1S/C20H33N3O/c1-20(2,3)22-15-9-17(16-22)19(24)23-13-5-4-8-18(23)10-14-21-11-6-7-12-21/h9,15-16,18H,4-8,10-14H2,1-3H3/t18-/m0/s1. The van der Waals surface area contributed by atoms with Crippen LogP contribution in [0.15, 0.2) is 18.5 Å². The number of aromatic nitrogens is 1. The summed E-state index contributed by atoms with van der Waals surface area (Å²) in [5, 5.41) is 0. The fourth-order valence-electron chi connectivity index (χ4n) is 4.01. The molecule has 0 spiro atoms. The van der Waals surface area contributed by atoms with Gasteiger partial charge in [-0.2, -0.15) is 0 Å². The fourth-order valence-corrected chi connectivity index (χ4v) is 4.01. The van der Waals surface area contributed by atoms with E-state index >= 15 is 0 Å². The van der Waals surface area contributed by atoms with Crippen molar-refractivity contribution in [3.63, 3.8) is 0 Å². The first-order valence-electron chi connectivity index (χ1n) is 9.67. The number of carbonyl (C=O) groups excluding carboxylic acids is 1. The Bertz CT molecular complexity index is 551. The number of piperidine rings is 1. The van der Waals surface area contributed by atoms with Gasteiger partial charge < -0.3 is 14.4 Å². The highest BCUT2D eigenvalue weighted by molar-refractivity contribution is 5.94. The Morgan fingerprint density at radius 3 is 2.50 bits per heavy atom. The summed E-state index contributed by atoms with van der Waals surface area (Å²) in [6.07, 6.45) is 11.4. The molecule has 0 saturated carbocycles. The summed E-state index contributed by atoms with van der Waals surface area (Å²) in [6, 6.07) is 2.41. The molecule has 3 rings (SSSR count). The largest absolute Gasteiger partial charge is 0.348 e. The molecule has 2 saturated heterocycles. The number of hydrogen-bond donors (Lipinski definition) is 0. The Hall–Kier alpha value is -1.29. The molecule has 134 valence electrons. The quantitative estimate of drug-likeness (QED) is 0.841. The van der Waals surface area contributed by atoms with E-state index in [1.165, 1.54) is 38.8 Å². The van der Waals surface area contributed by atoms with Gasteiger partial charge in [0, 0.05) is 37.1 Å². The van der Waals surface area contributed by atoms with Crippen molar-refractivity contribution in [2.75, 3.05) is 26.2 Å². The number of likely N-dealkylation sites (tertiary alicyclic amines) is 2. The van der Waals surface area contributed by atoms with Crippen LogP contribution in [-0.4, -0.2) is 52.5 Å². The molecule has 1 amide bonds. The summed E-state index contributed by atoms with van der Waals surface area (Å²) >= 11 is 0. The van der Waals surface area contributed by atoms with Crippen LogP contribution in [0.2, 0.25) is 0 Å². The SMILES string of the molecule is CC(C)(C)n1ccc(C(=O)N2CCCC[C@H]2CCN2CCCC2)c1. The number of hydrogen-bond acceptors (Lipinski definition) is 2. The minimum atomic E-state index is 0.0234. The maximum atomic E-state index is 13.0. The second-order valence-electron chi connectivity index (χ2n) is 8.46. The Kier molecular flexibility index (Phi) is 5.33. The summed E-state index contributed by atoms with van der Waals surface area (Å²) in [6.45, 7) is 11.1. The summed E-state index contributed by atoms with van der Waals surface area (Å²) in [5.74, 6) is 0.226. The van der Waals surface area contributed by atoms with E-state index in [1.54, 1.807) is 0 Å². The lowest BCUT2D eigenvalue weighted by Gasteiger charge is -2.36. The van der Waals surface area contributed by atoms with Crippen LogP contribution in [0.5, 0.6) is 0 Å². The fraction of sp³-hybridized carbons (Fsp3) is 0.750. The molecule has 4 heteroatoms. The first kappa shape index (κ1) is 17.5. The first-order valence-corrected chi connectivity index (χ1v) is 9.67. The third kappa shape index (κ3) is 4.02. The van der Waals surface area contributed by atoms with E-state index < -0.39 is 0 Å². The van der Waals surface area contributed by atoms with E-state index in [2.05, 4.69) is 35.1 Å². The molecule has 3 heterocycles. The van der Waals surface area contributed by atoms with Crippen molar-refractivity contribution in [1.29, 1.82) is 0 Å². The lowest BCUT2D eigenvalue weighted by Crippen LogP contribution is -2.45. The molecule has 1 aromatic rings. The van der Waals surface area contributed by atoms with Crippen molar-refractivity contribution in [3.8, 4) is 0 Å². The summed E-state index contributed by atoms with van der Waals surface area (Å²) in [4.78, 5) is 17.8.